The van der Waals surface area contributed by atoms with Crippen molar-refractivity contribution in [1.82, 2.24) is 0 Å². The van der Waals surface area contributed by atoms with Gasteiger partial charge < -0.3 is 24.1 Å². The van der Waals surface area contributed by atoms with Crippen LogP contribution >= 0.6 is 0 Å². The van der Waals surface area contributed by atoms with Crippen LogP contribution in [-0.2, 0) is 14.3 Å². The molecule has 0 aliphatic carbocycles. The number of amides is 1. The SMILES string of the molecule is CCOC(=O)/C(C)=C/CC[C@H](C)[C@H](OC(=O)Nc1ccc(OC)cc1)c1ccc(OCCO)cc1. The fourth-order valence-electron chi connectivity index (χ4n) is 3.41. The first kappa shape index (κ1) is 27.7. The second-order valence-electron chi connectivity index (χ2n) is 7.98. The number of allylic oxidation sites excluding steroid dienone is 1. The zero-order valence-electron chi connectivity index (χ0n) is 20.8. The molecule has 0 spiro atoms. The Balaban J connectivity index is 2.12. The Kier molecular flexibility index (Phi) is 11.6. The van der Waals surface area contributed by atoms with E-state index in [9.17, 15) is 9.59 Å². The Labute approximate surface area is 206 Å². The number of anilines is 1. The van der Waals surface area contributed by atoms with E-state index in [1.165, 1.54) is 0 Å². The number of rotatable bonds is 13. The standard InChI is InChI=1S/C27H35NO7/c1-5-33-26(30)20(3)8-6-7-19(2)25(21-9-13-24(14-10-21)34-18-17-29)35-27(31)28-22-11-15-23(32-4)16-12-22/h8-16,19,25,29H,5-7,17-18H2,1-4H3,(H,28,31)/b20-8+/t19-,25-/m0/s1. The van der Waals surface area contributed by atoms with Gasteiger partial charge in [0.15, 0.2) is 0 Å². The minimum Gasteiger partial charge on any atom is -0.497 e. The lowest BCUT2D eigenvalue weighted by Gasteiger charge is -2.25. The van der Waals surface area contributed by atoms with Crippen molar-refractivity contribution < 1.29 is 33.6 Å². The summed E-state index contributed by atoms with van der Waals surface area (Å²) in [5.41, 5.74) is 1.95. The van der Waals surface area contributed by atoms with Crippen LogP contribution in [0.25, 0.3) is 0 Å². The number of benzene rings is 2. The highest BCUT2D eigenvalue weighted by Gasteiger charge is 2.24. The first-order valence-corrected chi connectivity index (χ1v) is 11.7. The van der Waals surface area contributed by atoms with Crippen molar-refractivity contribution in [3.05, 3.63) is 65.7 Å². The summed E-state index contributed by atoms with van der Waals surface area (Å²) in [5.74, 6) is 0.923. The van der Waals surface area contributed by atoms with Crippen molar-refractivity contribution in [1.29, 1.82) is 0 Å². The minimum atomic E-state index is -0.578. The molecule has 2 aromatic rings. The van der Waals surface area contributed by atoms with Crippen LogP contribution in [0.5, 0.6) is 11.5 Å². The minimum absolute atomic E-state index is 0.0490. The fraction of sp³-hybridized carbons (Fsp3) is 0.407. The highest BCUT2D eigenvalue weighted by Crippen LogP contribution is 2.31. The number of aliphatic hydroxyl groups is 1. The summed E-state index contributed by atoms with van der Waals surface area (Å²) in [5, 5.41) is 11.7. The predicted octanol–water partition coefficient (Wildman–Crippen LogP) is 5.28. The maximum atomic E-state index is 12.7. The van der Waals surface area contributed by atoms with Crippen LogP contribution in [0.2, 0.25) is 0 Å². The first-order chi connectivity index (χ1) is 16.9. The van der Waals surface area contributed by atoms with Crippen molar-refractivity contribution in [2.75, 3.05) is 32.2 Å². The van der Waals surface area contributed by atoms with E-state index in [0.29, 0.717) is 42.2 Å². The fourth-order valence-corrected chi connectivity index (χ4v) is 3.41. The molecule has 0 heterocycles. The second kappa shape index (κ2) is 14.7. The number of hydrogen-bond acceptors (Lipinski definition) is 7. The zero-order chi connectivity index (χ0) is 25.6. The van der Waals surface area contributed by atoms with Gasteiger partial charge in [0.2, 0.25) is 0 Å². The molecule has 8 heteroatoms. The lowest BCUT2D eigenvalue weighted by molar-refractivity contribution is -0.138. The normalized spacial score (nSPS) is 12.9. The van der Waals surface area contributed by atoms with Gasteiger partial charge in [-0.05, 0) is 74.6 Å². The number of carbonyl (C=O) groups is 2. The van der Waals surface area contributed by atoms with E-state index >= 15 is 0 Å². The van der Waals surface area contributed by atoms with Crippen molar-refractivity contribution in [2.24, 2.45) is 5.92 Å². The third-order valence-corrected chi connectivity index (χ3v) is 5.33. The molecule has 0 saturated carbocycles. The molecule has 35 heavy (non-hydrogen) atoms. The van der Waals surface area contributed by atoms with Crippen molar-refractivity contribution in [3.63, 3.8) is 0 Å². The molecule has 2 aromatic carbocycles. The number of methoxy groups -OCH3 is 1. The molecule has 0 aromatic heterocycles. The molecular formula is C27H35NO7. The van der Waals surface area contributed by atoms with Gasteiger partial charge in [-0.15, -0.1) is 0 Å². The summed E-state index contributed by atoms with van der Waals surface area (Å²) >= 11 is 0. The summed E-state index contributed by atoms with van der Waals surface area (Å²) in [7, 11) is 1.58. The third kappa shape index (κ3) is 9.33. The van der Waals surface area contributed by atoms with Crippen molar-refractivity contribution >= 4 is 17.7 Å². The monoisotopic (exact) mass is 485 g/mol. The van der Waals surface area contributed by atoms with Crippen LogP contribution in [0.3, 0.4) is 0 Å². The molecule has 8 nitrogen and oxygen atoms in total. The summed E-state index contributed by atoms with van der Waals surface area (Å²) in [4.78, 5) is 24.6. The molecule has 0 radical (unpaired) electrons. The number of esters is 1. The van der Waals surface area contributed by atoms with Gasteiger partial charge in [0, 0.05) is 11.3 Å². The van der Waals surface area contributed by atoms with Gasteiger partial charge in [-0.25, -0.2) is 9.59 Å². The molecule has 0 unspecified atom stereocenters. The molecule has 0 aliphatic rings. The molecule has 2 rings (SSSR count). The Morgan fingerprint density at radius 3 is 2.31 bits per heavy atom. The van der Waals surface area contributed by atoms with E-state index in [2.05, 4.69) is 5.32 Å². The first-order valence-electron chi connectivity index (χ1n) is 11.7. The van der Waals surface area contributed by atoms with Gasteiger partial charge in [-0.1, -0.05) is 25.1 Å². The smallest absolute Gasteiger partial charge is 0.412 e. The molecule has 0 saturated heterocycles. The number of carbonyl (C=O) groups excluding carboxylic acids is 2. The van der Waals surface area contributed by atoms with Gasteiger partial charge in [-0.3, -0.25) is 5.32 Å². The molecule has 2 atom stereocenters. The summed E-state index contributed by atoms with van der Waals surface area (Å²) in [6.07, 6.45) is 2.04. The lowest BCUT2D eigenvalue weighted by Crippen LogP contribution is -2.22. The Morgan fingerprint density at radius 1 is 1.06 bits per heavy atom. The zero-order valence-corrected chi connectivity index (χ0v) is 20.8. The Hall–Kier alpha value is -3.52. The quantitative estimate of drug-likeness (QED) is 0.294. The van der Waals surface area contributed by atoms with Crippen molar-refractivity contribution in [3.8, 4) is 11.5 Å². The van der Waals surface area contributed by atoms with Crippen LogP contribution in [0.4, 0.5) is 10.5 Å². The van der Waals surface area contributed by atoms with E-state index in [0.717, 1.165) is 5.56 Å². The molecule has 1 amide bonds. The third-order valence-electron chi connectivity index (χ3n) is 5.33. The highest BCUT2D eigenvalue weighted by molar-refractivity contribution is 5.87. The molecular weight excluding hydrogens is 450 g/mol. The van der Waals surface area contributed by atoms with Crippen LogP contribution in [0.1, 0.15) is 45.3 Å². The van der Waals surface area contributed by atoms with Gasteiger partial charge in [0.05, 0.1) is 20.3 Å². The maximum Gasteiger partial charge on any atom is 0.412 e. The average Bonchev–Trinajstić information content (AvgIpc) is 2.86. The predicted molar refractivity (Wildman–Crippen MR) is 134 cm³/mol. The van der Waals surface area contributed by atoms with Crippen LogP contribution in [0, 0.1) is 5.92 Å². The summed E-state index contributed by atoms with van der Waals surface area (Å²) < 4.78 is 21.4. The topological polar surface area (TPSA) is 103 Å². The van der Waals surface area contributed by atoms with Crippen molar-refractivity contribution in [2.45, 2.75) is 39.7 Å². The highest BCUT2D eigenvalue weighted by atomic mass is 16.6. The maximum absolute atomic E-state index is 12.7. The van der Waals surface area contributed by atoms with Crippen LogP contribution < -0.4 is 14.8 Å². The van der Waals surface area contributed by atoms with Gasteiger partial charge >= 0.3 is 12.1 Å². The average molecular weight is 486 g/mol. The van der Waals surface area contributed by atoms with E-state index in [1.54, 1.807) is 57.4 Å². The van der Waals surface area contributed by atoms with E-state index in [4.69, 9.17) is 24.1 Å². The van der Waals surface area contributed by atoms with E-state index in [-0.39, 0.29) is 25.1 Å². The van der Waals surface area contributed by atoms with Gasteiger partial charge in [-0.2, -0.15) is 0 Å². The van der Waals surface area contributed by atoms with Gasteiger partial charge in [0.1, 0.15) is 24.2 Å². The number of nitrogens with one attached hydrogen (secondary N) is 1. The Morgan fingerprint density at radius 2 is 1.71 bits per heavy atom. The molecule has 190 valence electrons. The summed E-state index contributed by atoms with van der Waals surface area (Å²) in [6.45, 7) is 5.95. The largest absolute Gasteiger partial charge is 0.497 e. The molecule has 0 aliphatic heterocycles. The molecule has 0 bridgehead atoms. The van der Waals surface area contributed by atoms with Gasteiger partial charge in [0.25, 0.3) is 0 Å². The number of aliphatic hydroxyl groups excluding tert-OH is 1. The Bertz CT molecular complexity index is 954. The lowest BCUT2D eigenvalue weighted by atomic mass is 9.92. The van der Waals surface area contributed by atoms with E-state index in [1.807, 2.05) is 25.1 Å². The molecule has 2 N–H and O–H groups in total. The van der Waals surface area contributed by atoms with Crippen LogP contribution in [0.15, 0.2) is 60.2 Å². The summed E-state index contributed by atoms with van der Waals surface area (Å²) in [6, 6.07) is 14.2. The number of ether oxygens (including phenoxy) is 4. The van der Waals surface area contributed by atoms with E-state index < -0.39 is 12.2 Å². The molecule has 0 fully saturated rings. The second-order valence-corrected chi connectivity index (χ2v) is 7.98. The van der Waals surface area contributed by atoms with Crippen LogP contribution in [-0.4, -0.2) is 44.1 Å². The number of hydrogen-bond donors (Lipinski definition) is 2.